The first-order valence-corrected chi connectivity index (χ1v) is 6.35. The van der Waals surface area contributed by atoms with Crippen molar-refractivity contribution in [1.82, 2.24) is 5.32 Å². The molecule has 1 aliphatic rings. The summed E-state index contributed by atoms with van der Waals surface area (Å²) in [5.74, 6) is 1.73. The van der Waals surface area contributed by atoms with Gasteiger partial charge in [-0.05, 0) is 34.6 Å². The number of ether oxygens (including phenoxy) is 1. The van der Waals surface area contributed by atoms with Gasteiger partial charge in [0, 0.05) is 12.6 Å². The highest BCUT2D eigenvalue weighted by molar-refractivity contribution is 5.43. The van der Waals surface area contributed by atoms with Crippen LogP contribution in [0.2, 0.25) is 0 Å². The summed E-state index contributed by atoms with van der Waals surface area (Å²) in [5.41, 5.74) is 2.79. The van der Waals surface area contributed by atoms with Crippen molar-refractivity contribution in [3.8, 4) is 5.75 Å². The maximum absolute atomic E-state index is 5.46. The summed E-state index contributed by atoms with van der Waals surface area (Å²) >= 11 is 0. The van der Waals surface area contributed by atoms with E-state index in [4.69, 9.17) is 4.74 Å². The Morgan fingerprint density at radius 1 is 1.29 bits per heavy atom. The van der Waals surface area contributed by atoms with E-state index >= 15 is 0 Å². The zero-order chi connectivity index (χ0) is 12.6. The average molecular weight is 233 g/mol. The minimum absolute atomic E-state index is 0.119. The molecule has 94 valence electrons. The summed E-state index contributed by atoms with van der Waals surface area (Å²) in [6.07, 6.45) is 0. The van der Waals surface area contributed by atoms with Gasteiger partial charge in [0.1, 0.15) is 5.75 Å². The molecule has 1 N–H and O–H groups in total. The quantitative estimate of drug-likeness (QED) is 0.846. The Bertz CT molecular complexity index is 406. The molecular formula is C15H23NO. The van der Waals surface area contributed by atoms with Crippen molar-refractivity contribution < 1.29 is 4.74 Å². The van der Waals surface area contributed by atoms with Gasteiger partial charge in [0.15, 0.2) is 0 Å². The van der Waals surface area contributed by atoms with Crippen LogP contribution in [0.15, 0.2) is 18.2 Å². The largest absolute Gasteiger partial charge is 0.496 e. The third-order valence-electron chi connectivity index (χ3n) is 3.62. The fourth-order valence-corrected chi connectivity index (χ4v) is 2.42. The number of hydrogen-bond donors (Lipinski definition) is 1. The number of nitrogens with one attached hydrogen (secondary N) is 1. The van der Waals surface area contributed by atoms with Crippen LogP contribution in [0, 0.1) is 5.92 Å². The van der Waals surface area contributed by atoms with E-state index in [0.29, 0.717) is 6.04 Å². The lowest BCUT2D eigenvalue weighted by molar-refractivity contribution is 0.258. The Balaban J connectivity index is 2.38. The third kappa shape index (κ3) is 2.32. The normalized spacial score (nSPS) is 24.3. The maximum Gasteiger partial charge on any atom is 0.122 e. The molecule has 2 rings (SSSR count). The zero-order valence-corrected chi connectivity index (χ0v) is 11.5. The summed E-state index contributed by atoms with van der Waals surface area (Å²) in [6, 6.07) is 7.10. The molecule has 0 bridgehead atoms. The summed E-state index contributed by atoms with van der Waals surface area (Å²) in [6.45, 7) is 10.1. The Morgan fingerprint density at radius 2 is 2.00 bits per heavy atom. The molecule has 1 aliphatic heterocycles. The van der Waals surface area contributed by atoms with Crippen LogP contribution in [-0.2, 0) is 5.41 Å². The SMILES string of the molecule is COc1ccc(C2NCC2C)cc1C(C)(C)C. The van der Waals surface area contributed by atoms with E-state index in [-0.39, 0.29) is 5.41 Å². The molecule has 1 aromatic carbocycles. The Morgan fingerprint density at radius 3 is 2.41 bits per heavy atom. The molecule has 1 saturated heterocycles. The van der Waals surface area contributed by atoms with Crippen molar-refractivity contribution in [2.75, 3.05) is 13.7 Å². The third-order valence-corrected chi connectivity index (χ3v) is 3.62. The van der Waals surface area contributed by atoms with Gasteiger partial charge < -0.3 is 10.1 Å². The second-order valence-electron chi connectivity index (χ2n) is 6.07. The molecular weight excluding hydrogens is 210 g/mol. The van der Waals surface area contributed by atoms with E-state index in [2.05, 4.69) is 51.2 Å². The first kappa shape index (κ1) is 12.4. The highest BCUT2D eigenvalue weighted by atomic mass is 16.5. The minimum atomic E-state index is 0.119. The second kappa shape index (κ2) is 4.34. The van der Waals surface area contributed by atoms with Crippen LogP contribution in [0.25, 0.3) is 0 Å². The molecule has 1 heterocycles. The van der Waals surface area contributed by atoms with Gasteiger partial charge >= 0.3 is 0 Å². The van der Waals surface area contributed by atoms with Gasteiger partial charge in [-0.3, -0.25) is 0 Å². The van der Waals surface area contributed by atoms with Gasteiger partial charge in [0.05, 0.1) is 7.11 Å². The molecule has 17 heavy (non-hydrogen) atoms. The highest BCUT2D eigenvalue weighted by Gasteiger charge is 2.29. The lowest BCUT2D eigenvalue weighted by Crippen LogP contribution is -2.44. The van der Waals surface area contributed by atoms with Gasteiger partial charge in [-0.15, -0.1) is 0 Å². The topological polar surface area (TPSA) is 21.3 Å². The molecule has 0 spiro atoms. The fourth-order valence-electron chi connectivity index (χ4n) is 2.42. The summed E-state index contributed by atoms with van der Waals surface area (Å²) in [7, 11) is 1.74. The van der Waals surface area contributed by atoms with Crippen molar-refractivity contribution in [3.05, 3.63) is 29.3 Å². The number of rotatable bonds is 2. The van der Waals surface area contributed by atoms with Crippen LogP contribution in [0.4, 0.5) is 0 Å². The molecule has 0 amide bonds. The first-order valence-electron chi connectivity index (χ1n) is 6.35. The monoisotopic (exact) mass is 233 g/mol. The van der Waals surface area contributed by atoms with Gasteiger partial charge in [-0.2, -0.15) is 0 Å². The molecule has 2 atom stereocenters. The van der Waals surface area contributed by atoms with Crippen molar-refractivity contribution in [2.24, 2.45) is 5.92 Å². The van der Waals surface area contributed by atoms with Crippen LogP contribution >= 0.6 is 0 Å². The van der Waals surface area contributed by atoms with Crippen LogP contribution in [0.5, 0.6) is 5.75 Å². The maximum atomic E-state index is 5.46. The molecule has 2 nitrogen and oxygen atoms in total. The van der Waals surface area contributed by atoms with Gasteiger partial charge in [0.25, 0.3) is 0 Å². The molecule has 0 aliphatic carbocycles. The summed E-state index contributed by atoms with van der Waals surface area (Å²) in [4.78, 5) is 0. The molecule has 0 aromatic heterocycles. The number of hydrogen-bond acceptors (Lipinski definition) is 2. The van der Waals surface area contributed by atoms with E-state index in [1.807, 2.05) is 0 Å². The molecule has 2 heteroatoms. The minimum Gasteiger partial charge on any atom is -0.496 e. The predicted molar refractivity (Wildman–Crippen MR) is 71.6 cm³/mol. The lowest BCUT2D eigenvalue weighted by Gasteiger charge is -2.37. The van der Waals surface area contributed by atoms with E-state index < -0.39 is 0 Å². The van der Waals surface area contributed by atoms with Crippen LogP contribution in [0.3, 0.4) is 0 Å². The average Bonchev–Trinajstić information content (AvgIpc) is 2.26. The van der Waals surface area contributed by atoms with Crippen molar-refractivity contribution in [1.29, 1.82) is 0 Å². The number of methoxy groups -OCH3 is 1. The molecule has 0 radical (unpaired) electrons. The molecule has 0 saturated carbocycles. The van der Waals surface area contributed by atoms with Crippen LogP contribution in [0.1, 0.15) is 44.9 Å². The molecule has 2 unspecified atom stereocenters. The zero-order valence-electron chi connectivity index (χ0n) is 11.5. The first-order chi connectivity index (χ1) is 7.93. The van der Waals surface area contributed by atoms with Gasteiger partial charge in [0.2, 0.25) is 0 Å². The van der Waals surface area contributed by atoms with E-state index in [1.165, 1.54) is 11.1 Å². The molecule has 1 fully saturated rings. The Kier molecular flexibility index (Phi) is 3.17. The number of benzene rings is 1. The van der Waals surface area contributed by atoms with Crippen LogP contribution in [-0.4, -0.2) is 13.7 Å². The fraction of sp³-hybridized carbons (Fsp3) is 0.600. The van der Waals surface area contributed by atoms with Crippen molar-refractivity contribution in [2.45, 2.75) is 39.2 Å². The van der Waals surface area contributed by atoms with Crippen LogP contribution < -0.4 is 10.1 Å². The summed E-state index contributed by atoms with van der Waals surface area (Å²) < 4.78 is 5.46. The Labute approximate surface area is 104 Å². The van der Waals surface area contributed by atoms with Crippen molar-refractivity contribution in [3.63, 3.8) is 0 Å². The van der Waals surface area contributed by atoms with Gasteiger partial charge in [-0.25, -0.2) is 0 Å². The Hall–Kier alpha value is -1.02. The van der Waals surface area contributed by atoms with Gasteiger partial charge in [-0.1, -0.05) is 33.8 Å². The molecule has 1 aromatic rings. The predicted octanol–water partition coefficient (Wildman–Crippen LogP) is 3.27. The standard InChI is InChI=1S/C15H23NO/c1-10-9-16-14(10)11-6-7-13(17-5)12(8-11)15(2,3)4/h6-8,10,14,16H,9H2,1-5H3. The van der Waals surface area contributed by atoms with E-state index in [1.54, 1.807) is 7.11 Å². The second-order valence-corrected chi connectivity index (χ2v) is 6.07. The van der Waals surface area contributed by atoms with E-state index in [9.17, 15) is 0 Å². The smallest absolute Gasteiger partial charge is 0.122 e. The lowest BCUT2D eigenvalue weighted by atomic mass is 9.81. The van der Waals surface area contributed by atoms with E-state index in [0.717, 1.165) is 18.2 Å². The highest BCUT2D eigenvalue weighted by Crippen LogP contribution is 2.36. The summed E-state index contributed by atoms with van der Waals surface area (Å²) in [5, 5.41) is 3.49. The van der Waals surface area contributed by atoms with Crippen molar-refractivity contribution >= 4 is 0 Å².